The number of benzene rings is 1. The molecular formula is C25H24F3N3O4S2. The first-order chi connectivity index (χ1) is 17.4. The van der Waals surface area contributed by atoms with Gasteiger partial charge in [-0.1, -0.05) is 31.3 Å². The van der Waals surface area contributed by atoms with Gasteiger partial charge in [-0.3, -0.25) is 24.1 Å². The second kappa shape index (κ2) is 8.20. The maximum Gasteiger partial charge on any atom is 0.416 e. The lowest BCUT2D eigenvalue weighted by Gasteiger charge is -2.47. The lowest BCUT2D eigenvalue weighted by atomic mass is 9.64. The molecule has 2 aliphatic heterocycles. The zero-order chi connectivity index (χ0) is 26.4. The summed E-state index contributed by atoms with van der Waals surface area (Å²) in [5, 5.41) is 3.42. The van der Waals surface area contributed by atoms with Gasteiger partial charge in [-0.15, -0.1) is 11.8 Å². The predicted octanol–water partition coefficient (Wildman–Crippen LogP) is 4.10. The van der Waals surface area contributed by atoms with E-state index in [1.54, 1.807) is 11.8 Å². The lowest BCUT2D eigenvalue weighted by Crippen LogP contribution is -2.48. The molecule has 2 aromatic rings. The van der Waals surface area contributed by atoms with Crippen LogP contribution in [0.2, 0.25) is 0 Å². The summed E-state index contributed by atoms with van der Waals surface area (Å²) in [6, 6.07) is 4.32. The van der Waals surface area contributed by atoms with Crippen molar-refractivity contribution in [2.75, 3.05) is 11.9 Å². The number of halogens is 3. The molecule has 0 spiro atoms. The molecule has 7 nitrogen and oxygen atoms in total. The number of imide groups is 1. The highest BCUT2D eigenvalue weighted by molar-refractivity contribution is 8.00. The Bertz CT molecular complexity index is 1380. The summed E-state index contributed by atoms with van der Waals surface area (Å²) in [6.07, 6.45) is -3.94. The van der Waals surface area contributed by atoms with Crippen molar-refractivity contribution in [2.24, 2.45) is 29.6 Å². The number of hydrogen-bond donors (Lipinski definition) is 2. The number of anilines is 1. The van der Waals surface area contributed by atoms with E-state index >= 15 is 0 Å². The molecule has 0 radical (unpaired) electrons. The highest BCUT2D eigenvalue weighted by atomic mass is 32.2. The van der Waals surface area contributed by atoms with Gasteiger partial charge in [0.15, 0.2) is 0 Å². The Kier molecular flexibility index (Phi) is 5.48. The van der Waals surface area contributed by atoms with E-state index in [1.807, 2.05) is 0 Å². The molecule has 4 aliphatic rings. The number of nitrogens with zero attached hydrogens (tertiary/aromatic N) is 1. The molecule has 37 heavy (non-hydrogen) atoms. The zero-order valence-corrected chi connectivity index (χ0v) is 21.6. The number of likely N-dealkylation sites (tertiary alicyclic amines) is 1. The summed E-state index contributed by atoms with van der Waals surface area (Å²) in [6.45, 7) is 4.11. The zero-order valence-electron chi connectivity index (χ0n) is 19.9. The molecule has 1 aromatic carbocycles. The van der Waals surface area contributed by atoms with Gasteiger partial charge in [0.05, 0.1) is 22.4 Å². The number of aromatic nitrogens is 1. The minimum Gasteiger partial charge on any atom is -0.326 e. The Balaban J connectivity index is 1.16. The van der Waals surface area contributed by atoms with E-state index in [4.69, 9.17) is 0 Å². The summed E-state index contributed by atoms with van der Waals surface area (Å²) in [7, 11) is 0. The highest BCUT2D eigenvalue weighted by Crippen LogP contribution is 2.68. The quantitative estimate of drug-likeness (QED) is 0.558. The molecule has 0 unspecified atom stereocenters. The van der Waals surface area contributed by atoms with E-state index < -0.39 is 29.5 Å². The molecule has 1 aromatic heterocycles. The van der Waals surface area contributed by atoms with E-state index in [1.165, 1.54) is 28.4 Å². The number of aromatic amines is 1. The number of carbonyl (C=O) groups is 3. The van der Waals surface area contributed by atoms with E-state index in [2.05, 4.69) is 24.1 Å². The van der Waals surface area contributed by atoms with Gasteiger partial charge in [0.25, 0.3) is 0 Å². The third kappa shape index (κ3) is 3.70. The van der Waals surface area contributed by atoms with Crippen molar-refractivity contribution in [1.82, 2.24) is 9.88 Å². The van der Waals surface area contributed by atoms with Crippen LogP contribution in [0.4, 0.5) is 18.9 Å². The Labute approximate surface area is 218 Å². The normalized spacial score (nSPS) is 31.3. The average Bonchev–Trinajstić information content (AvgIpc) is 3.54. The Morgan fingerprint density at radius 3 is 2.57 bits per heavy atom. The second-order valence-corrected chi connectivity index (χ2v) is 13.0. The monoisotopic (exact) mass is 551 g/mol. The minimum atomic E-state index is -4.53. The third-order valence-electron chi connectivity index (χ3n) is 8.52. The highest BCUT2D eigenvalue weighted by Gasteiger charge is 2.70. The van der Waals surface area contributed by atoms with Gasteiger partial charge < -0.3 is 10.3 Å². The van der Waals surface area contributed by atoms with Crippen LogP contribution in [0.25, 0.3) is 0 Å². The van der Waals surface area contributed by atoms with Crippen molar-refractivity contribution >= 4 is 46.5 Å². The van der Waals surface area contributed by atoms with Crippen LogP contribution in [-0.4, -0.2) is 39.4 Å². The molecule has 196 valence electrons. The van der Waals surface area contributed by atoms with E-state index in [0.29, 0.717) is 0 Å². The number of carbonyl (C=O) groups excluding carboxylic acids is 3. The molecule has 2 bridgehead atoms. The number of amides is 3. The first-order valence-electron chi connectivity index (χ1n) is 12.1. The number of thioether (sulfide) groups is 1. The Morgan fingerprint density at radius 2 is 1.86 bits per heavy atom. The molecule has 3 heterocycles. The van der Waals surface area contributed by atoms with Gasteiger partial charge >= 0.3 is 11.0 Å². The molecule has 6 rings (SSSR count). The summed E-state index contributed by atoms with van der Waals surface area (Å²) in [4.78, 5) is 56.3. The van der Waals surface area contributed by atoms with Crippen molar-refractivity contribution in [3.8, 4) is 0 Å². The molecular weight excluding hydrogens is 527 g/mol. The van der Waals surface area contributed by atoms with Gasteiger partial charge in [-0.2, -0.15) is 13.2 Å². The number of H-pyrrole nitrogens is 1. The van der Waals surface area contributed by atoms with Crippen LogP contribution >= 0.6 is 23.1 Å². The van der Waals surface area contributed by atoms with E-state index in [9.17, 15) is 32.3 Å². The van der Waals surface area contributed by atoms with Crippen molar-refractivity contribution < 1.29 is 27.6 Å². The molecule has 1 saturated heterocycles. The van der Waals surface area contributed by atoms with Crippen LogP contribution in [0.3, 0.4) is 0 Å². The minimum absolute atomic E-state index is 0.00246. The van der Waals surface area contributed by atoms with Gasteiger partial charge in [0.2, 0.25) is 17.7 Å². The number of hydrogen-bond acceptors (Lipinski definition) is 6. The Morgan fingerprint density at radius 1 is 1.16 bits per heavy atom. The number of alkyl halides is 3. The number of fused-ring (bicyclic) bond motifs is 9. The topological polar surface area (TPSA) is 99.3 Å². The van der Waals surface area contributed by atoms with Crippen LogP contribution in [0, 0.1) is 29.6 Å². The maximum absolute atomic E-state index is 13.4. The maximum atomic E-state index is 13.4. The van der Waals surface area contributed by atoms with Crippen LogP contribution < -0.4 is 10.2 Å². The van der Waals surface area contributed by atoms with Gasteiger partial charge in [0, 0.05) is 34.2 Å². The van der Waals surface area contributed by atoms with Crippen LogP contribution in [0.15, 0.2) is 34.1 Å². The number of thiazole rings is 1. The molecule has 2 saturated carbocycles. The smallest absolute Gasteiger partial charge is 0.326 e. The fourth-order valence-electron chi connectivity index (χ4n) is 7.15. The van der Waals surface area contributed by atoms with Crippen LogP contribution in [0.5, 0.6) is 0 Å². The fraction of sp³-hybridized carbons (Fsp3) is 0.520. The standard InChI is InChI=1S/C25H24F3N3O4S2/c1-24(2)17-12-9-13(18(17)36-20-19(24)37-23(35)30-20)16-15(12)21(33)31(22(16)34)7-6-14(32)29-11-5-3-4-10(8-11)25(26,27)28/h3-5,8,12-13,15-18H,6-7,9H2,1-2H3,(H,29,32)(H,30,35)/t12-,13-,15-,16-,17-,18+/m1/s1. The summed E-state index contributed by atoms with van der Waals surface area (Å²) in [5.41, 5.74) is -1.18. The fourth-order valence-corrected chi connectivity index (χ4v) is 10.3. The Hall–Kier alpha value is -2.60. The summed E-state index contributed by atoms with van der Waals surface area (Å²) < 4.78 is 38.8. The van der Waals surface area contributed by atoms with Crippen molar-refractivity contribution in [2.45, 2.75) is 48.6 Å². The molecule has 3 amide bonds. The number of rotatable bonds is 4. The third-order valence-corrected chi connectivity index (χ3v) is 11.3. The summed E-state index contributed by atoms with van der Waals surface area (Å²) >= 11 is 2.83. The van der Waals surface area contributed by atoms with Crippen LogP contribution in [-0.2, 0) is 26.0 Å². The van der Waals surface area contributed by atoms with Gasteiger partial charge in [0.1, 0.15) is 0 Å². The SMILES string of the molecule is CC1(C)c2sc(=O)[nH]c2S[C@H]2[C@@H]3C[C@H]([C@H]4C(=O)N(CCC(=O)Nc5cccc(C(F)(F)F)c5)C(=O)[C@H]34)[C@H]21. The van der Waals surface area contributed by atoms with Crippen molar-refractivity contribution in [1.29, 1.82) is 0 Å². The number of nitrogens with one attached hydrogen (secondary N) is 2. The van der Waals surface area contributed by atoms with Gasteiger partial charge in [-0.25, -0.2) is 0 Å². The lowest BCUT2D eigenvalue weighted by molar-refractivity contribution is -0.141. The second-order valence-electron chi connectivity index (χ2n) is 10.8. The van der Waals surface area contributed by atoms with Crippen LogP contribution in [0.1, 0.15) is 37.1 Å². The molecule has 12 heteroatoms. The molecule has 6 atom stereocenters. The van der Waals surface area contributed by atoms with Crippen molar-refractivity contribution in [3.63, 3.8) is 0 Å². The largest absolute Gasteiger partial charge is 0.416 e. The summed E-state index contributed by atoms with van der Waals surface area (Å²) in [5.74, 6) is -1.77. The first-order valence-corrected chi connectivity index (χ1v) is 13.8. The predicted molar refractivity (Wildman–Crippen MR) is 131 cm³/mol. The molecule has 2 N–H and O–H groups in total. The molecule has 2 aliphatic carbocycles. The van der Waals surface area contributed by atoms with Crippen molar-refractivity contribution in [3.05, 3.63) is 44.4 Å². The van der Waals surface area contributed by atoms with Gasteiger partial charge in [-0.05, 0) is 42.4 Å². The van der Waals surface area contributed by atoms with E-state index in [-0.39, 0.29) is 63.8 Å². The molecule has 3 fully saturated rings. The average molecular weight is 552 g/mol. The van der Waals surface area contributed by atoms with E-state index in [0.717, 1.165) is 28.5 Å². The first kappa shape index (κ1) is 24.7.